The lowest BCUT2D eigenvalue weighted by Gasteiger charge is -2.36. The SMILES string of the molecule is CC(C)(C)[Si](C)(C)OCc1ccnc(S(=O)(=O)N2C[C@H](c3ccccc3)C[C@@H]2CBr)c1. The van der Waals surface area contributed by atoms with Crippen molar-refractivity contribution < 1.29 is 12.8 Å². The predicted octanol–water partition coefficient (Wildman–Crippen LogP) is 5.55. The molecule has 0 N–H and O–H groups in total. The number of alkyl halides is 1. The second kappa shape index (κ2) is 9.43. The van der Waals surface area contributed by atoms with Crippen molar-refractivity contribution in [2.45, 2.75) is 68.9 Å². The van der Waals surface area contributed by atoms with Crippen LogP contribution in [0.25, 0.3) is 0 Å². The minimum Gasteiger partial charge on any atom is -0.413 e. The normalized spacial score (nSPS) is 20.8. The zero-order valence-corrected chi connectivity index (χ0v) is 22.4. The maximum Gasteiger partial charge on any atom is 0.260 e. The predicted molar refractivity (Wildman–Crippen MR) is 131 cm³/mol. The molecular formula is C23H33BrN2O3SSi. The Hall–Kier alpha value is -1.06. The summed E-state index contributed by atoms with van der Waals surface area (Å²) in [5.74, 6) is 0.184. The standard InChI is InChI=1S/C23H33BrN2O3SSi/c1-23(2,3)31(4,5)29-17-18-11-12-25-22(13-18)30(27,28)26-16-20(14-21(26)15-24)19-9-7-6-8-10-19/h6-13,20-21H,14-17H2,1-5H3/t20-,21-/m1/s1. The van der Waals surface area contributed by atoms with E-state index in [1.165, 1.54) is 5.56 Å². The third-order valence-electron chi connectivity index (χ3n) is 6.59. The van der Waals surface area contributed by atoms with Crippen LogP contribution in [0.15, 0.2) is 53.7 Å². The number of benzene rings is 1. The van der Waals surface area contributed by atoms with E-state index in [1.54, 1.807) is 16.6 Å². The van der Waals surface area contributed by atoms with Crippen LogP contribution in [0.5, 0.6) is 0 Å². The van der Waals surface area contributed by atoms with Gasteiger partial charge < -0.3 is 4.43 Å². The van der Waals surface area contributed by atoms with E-state index in [2.05, 4.69) is 66.9 Å². The molecule has 0 saturated carbocycles. The summed E-state index contributed by atoms with van der Waals surface area (Å²) in [6.07, 6.45) is 2.37. The van der Waals surface area contributed by atoms with Gasteiger partial charge in [-0.05, 0) is 53.7 Å². The van der Waals surface area contributed by atoms with Gasteiger partial charge in [0.15, 0.2) is 13.3 Å². The molecule has 2 atom stereocenters. The van der Waals surface area contributed by atoms with Crippen LogP contribution in [0.4, 0.5) is 0 Å². The summed E-state index contributed by atoms with van der Waals surface area (Å²) < 4.78 is 34.9. The largest absolute Gasteiger partial charge is 0.413 e. The number of sulfonamides is 1. The average Bonchev–Trinajstić information content (AvgIpc) is 3.18. The van der Waals surface area contributed by atoms with Crippen LogP contribution in [0.2, 0.25) is 18.1 Å². The fourth-order valence-electron chi connectivity index (χ4n) is 3.57. The van der Waals surface area contributed by atoms with Crippen LogP contribution in [-0.2, 0) is 21.1 Å². The number of pyridine rings is 1. The lowest BCUT2D eigenvalue weighted by molar-refractivity contribution is 0.276. The Balaban J connectivity index is 1.81. The summed E-state index contributed by atoms with van der Waals surface area (Å²) in [6.45, 7) is 11.8. The van der Waals surface area contributed by atoms with E-state index in [1.807, 2.05) is 24.3 Å². The fraction of sp³-hybridized carbons (Fsp3) is 0.522. The lowest BCUT2D eigenvalue weighted by atomic mass is 9.97. The Morgan fingerprint density at radius 2 is 1.87 bits per heavy atom. The van der Waals surface area contributed by atoms with Crippen molar-refractivity contribution in [2.24, 2.45) is 0 Å². The number of nitrogens with zero attached hydrogens (tertiary/aromatic N) is 2. The molecule has 0 spiro atoms. The first-order valence-corrected chi connectivity index (χ1v) is 16.1. The summed E-state index contributed by atoms with van der Waals surface area (Å²) >= 11 is 3.52. The Kier molecular flexibility index (Phi) is 7.48. The average molecular weight is 526 g/mol. The molecule has 0 unspecified atom stereocenters. The van der Waals surface area contributed by atoms with E-state index in [9.17, 15) is 8.42 Å². The van der Waals surface area contributed by atoms with Gasteiger partial charge >= 0.3 is 0 Å². The smallest absolute Gasteiger partial charge is 0.260 e. The zero-order chi connectivity index (χ0) is 22.9. The molecule has 8 heteroatoms. The lowest BCUT2D eigenvalue weighted by Crippen LogP contribution is -2.40. The van der Waals surface area contributed by atoms with Crippen molar-refractivity contribution >= 4 is 34.3 Å². The number of halogens is 1. The molecule has 3 rings (SSSR count). The third kappa shape index (κ3) is 5.47. The third-order valence-corrected chi connectivity index (χ3v) is 13.6. The summed E-state index contributed by atoms with van der Waals surface area (Å²) in [6, 6.07) is 13.5. The summed E-state index contributed by atoms with van der Waals surface area (Å²) in [4.78, 5) is 4.23. The zero-order valence-electron chi connectivity index (χ0n) is 19.0. The van der Waals surface area contributed by atoms with Crippen molar-refractivity contribution in [1.82, 2.24) is 9.29 Å². The molecule has 2 aromatic rings. The Morgan fingerprint density at radius 1 is 1.19 bits per heavy atom. The Morgan fingerprint density at radius 3 is 2.48 bits per heavy atom. The maximum atomic E-state index is 13.5. The van der Waals surface area contributed by atoms with Gasteiger partial charge in [-0.3, -0.25) is 0 Å². The van der Waals surface area contributed by atoms with Crippen molar-refractivity contribution in [1.29, 1.82) is 0 Å². The molecule has 0 radical (unpaired) electrons. The van der Waals surface area contributed by atoms with E-state index in [0.717, 1.165) is 12.0 Å². The van der Waals surface area contributed by atoms with Crippen LogP contribution in [0.3, 0.4) is 0 Å². The minimum atomic E-state index is -3.70. The molecule has 1 aromatic heterocycles. The molecule has 170 valence electrons. The molecule has 5 nitrogen and oxygen atoms in total. The topological polar surface area (TPSA) is 59.5 Å². The van der Waals surface area contributed by atoms with Crippen molar-refractivity contribution in [3.05, 3.63) is 59.8 Å². The Labute approximate surface area is 196 Å². The molecule has 2 heterocycles. The van der Waals surface area contributed by atoms with Crippen LogP contribution >= 0.6 is 15.9 Å². The first-order valence-electron chi connectivity index (χ1n) is 10.7. The van der Waals surface area contributed by atoms with E-state index in [-0.39, 0.29) is 22.0 Å². The van der Waals surface area contributed by atoms with Crippen molar-refractivity contribution in [3.63, 3.8) is 0 Å². The van der Waals surface area contributed by atoms with Gasteiger partial charge in [-0.2, -0.15) is 4.31 Å². The molecule has 1 aliphatic heterocycles. The molecule has 0 amide bonds. The highest BCUT2D eigenvalue weighted by atomic mass is 79.9. The monoisotopic (exact) mass is 524 g/mol. The first-order chi connectivity index (χ1) is 14.5. The highest BCUT2D eigenvalue weighted by molar-refractivity contribution is 9.09. The quantitative estimate of drug-likeness (QED) is 0.352. The van der Waals surface area contributed by atoms with Gasteiger partial charge in [0.1, 0.15) is 0 Å². The number of rotatable bonds is 7. The van der Waals surface area contributed by atoms with Crippen molar-refractivity contribution in [3.8, 4) is 0 Å². The number of hydrogen-bond acceptors (Lipinski definition) is 4. The molecule has 1 aliphatic rings. The molecular weight excluding hydrogens is 492 g/mol. The van der Waals surface area contributed by atoms with Gasteiger partial charge in [0, 0.05) is 24.1 Å². The van der Waals surface area contributed by atoms with Crippen LogP contribution in [0, 0.1) is 0 Å². The summed E-state index contributed by atoms with van der Waals surface area (Å²) in [5, 5.41) is 0.799. The van der Waals surface area contributed by atoms with Gasteiger partial charge in [0.2, 0.25) is 0 Å². The molecule has 0 bridgehead atoms. The van der Waals surface area contributed by atoms with Gasteiger partial charge in [-0.15, -0.1) is 0 Å². The molecule has 31 heavy (non-hydrogen) atoms. The first kappa shape index (κ1) is 24.6. The molecule has 1 saturated heterocycles. The molecule has 0 aliphatic carbocycles. The second-order valence-electron chi connectivity index (χ2n) is 9.78. The molecule has 1 fully saturated rings. The summed E-state index contributed by atoms with van der Waals surface area (Å²) in [5.41, 5.74) is 2.02. The number of hydrogen-bond donors (Lipinski definition) is 0. The van der Waals surface area contributed by atoms with Crippen molar-refractivity contribution in [2.75, 3.05) is 11.9 Å². The van der Waals surface area contributed by atoms with Gasteiger partial charge in [0.25, 0.3) is 10.0 Å². The highest BCUT2D eigenvalue weighted by Crippen LogP contribution is 2.38. The minimum absolute atomic E-state index is 0.0934. The van der Waals surface area contributed by atoms with E-state index in [0.29, 0.717) is 18.5 Å². The van der Waals surface area contributed by atoms with E-state index < -0.39 is 18.3 Å². The van der Waals surface area contributed by atoms with Crippen LogP contribution in [0.1, 0.15) is 44.2 Å². The van der Waals surface area contributed by atoms with E-state index in [4.69, 9.17) is 4.43 Å². The highest BCUT2D eigenvalue weighted by Gasteiger charge is 2.41. The van der Waals surface area contributed by atoms with Gasteiger partial charge in [0.05, 0.1) is 6.61 Å². The van der Waals surface area contributed by atoms with Crippen LogP contribution < -0.4 is 0 Å². The van der Waals surface area contributed by atoms with Gasteiger partial charge in [-0.25, -0.2) is 13.4 Å². The maximum absolute atomic E-state index is 13.5. The van der Waals surface area contributed by atoms with E-state index >= 15 is 0 Å². The summed E-state index contributed by atoms with van der Waals surface area (Å²) in [7, 11) is -5.62. The Bertz CT molecular complexity index is 993. The second-order valence-corrected chi connectivity index (χ2v) is 17.1. The van der Waals surface area contributed by atoms with Crippen LogP contribution in [-0.4, -0.2) is 43.9 Å². The number of aromatic nitrogens is 1. The van der Waals surface area contributed by atoms with Gasteiger partial charge in [-0.1, -0.05) is 67.0 Å². The fourth-order valence-corrected chi connectivity index (χ4v) is 7.00. The molecule has 1 aromatic carbocycles.